The van der Waals surface area contributed by atoms with Gasteiger partial charge in [-0.3, -0.25) is 9.69 Å². The highest BCUT2D eigenvalue weighted by atomic mass is 16.7. The van der Waals surface area contributed by atoms with Crippen molar-refractivity contribution in [2.75, 3.05) is 26.4 Å². The summed E-state index contributed by atoms with van der Waals surface area (Å²) in [7, 11) is 0. The van der Waals surface area contributed by atoms with Gasteiger partial charge in [0.15, 0.2) is 17.3 Å². The fourth-order valence-electron chi connectivity index (χ4n) is 2.58. The average molecular weight is 275 g/mol. The number of rotatable bonds is 7. The molecular formula is C16H21NO3. The lowest BCUT2D eigenvalue weighted by Gasteiger charge is -2.20. The number of carbonyl (C=O) groups is 1. The molecule has 1 aromatic carbocycles. The summed E-state index contributed by atoms with van der Waals surface area (Å²) in [5.41, 5.74) is 0.714. The van der Waals surface area contributed by atoms with Gasteiger partial charge in [-0.15, -0.1) is 0 Å². The van der Waals surface area contributed by atoms with Crippen molar-refractivity contribution in [3.05, 3.63) is 23.8 Å². The Bertz CT molecular complexity index is 496. The Kier molecular flexibility index (Phi) is 3.92. The highest BCUT2D eigenvalue weighted by Crippen LogP contribution is 2.33. The minimum Gasteiger partial charge on any atom is -0.454 e. The molecule has 0 unspecified atom stereocenters. The Morgan fingerprint density at radius 3 is 2.85 bits per heavy atom. The van der Waals surface area contributed by atoms with Gasteiger partial charge in [0.05, 0.1) is 6.54 Å². The van der Waals surface area contributed by atoms with Crippen LogP contribution < -0.4 is 9.47 Å². The van der Waals surface area contributed by atoms with Crippen molar-refractivity contribution in [3.63, 3.8) is 0 Å². The van der Waals surface area contributed by atoms with Crippen LogP contribution in [0, 0.1) is 5.92 Å². The van der Waals surface area contributed by atoms with Gasteiger partial charge < -0.3 is 9.47 Å². The normalized spacial score (nSPS) is 16.7. The van der Waals surface area contributed by atoms with Crippen molar-refractivity contribution in [2.45, 2.75) is 26.2 Å². The van der Waals surface area contributed by atoms with Crippen LogP contribution in [0.15, 0.2) is 18.2 Å². The van der Waals surface area contributed by atoms with Crippen LogP contribution in [-0.2, 0) is 0 Å². The molecular weight excluding hydrogens is 254 g/mol. The van der Waals surface area contributed by atoms with Crippen molar-refractivity contribution >= 4 is 5.78 Å². The van der Waals surface area contributed by atoms with Gasteiger partial charge in [0.2, 0.25) is 6.79 Å². The van der Waals surface area contributed by atoms with E-state index in [0.29, 0.717) is 17.9 Å². The summed E-state index contributed by atoms with van der Waals surface area (Å²) in [6, 6.07) is 5.45. The Hall–Kier alpha value is -1.55. The summed E-state index contributed by atoms with van der Waals surface area (Å²) < 4.78 is 10.6. The molecule has 1 heterocycles. The maximum absolute atomic E-state index is 12.4. The van der Waals surface area contributed by atoms with E-state index in [1.807, 2.05) is 12.1 Å². The smallest absolute Gasteiger partial charge is 0.231 e. The van der Waals surface area contributed by atoms with Crippen molar-refractivity contribution in [2.24, 2.45) is 5.92 Å². The van der Waals surface area contributed by atoms with Crippen LogP contribution >= 0.6 is 0 Å². The second-order valence-electron chi connectivity index (χ2n) is 5.67. The zero-order valence-corrected chi connectivity index (χ0v) is 11.9. The van der Waals surface area contributed by atoms with Gasteiger partial charge in [0.1, 0.15) is 0 Å². The number of fused-ring (bicyclic) bond motifs is 1. The van der Waals surface area contributed by atoms with E-state index in [1.165, 1.54) is 12.8 Å². The number of carbonyl (C=O) groups excluding carboxylic acids is 1. The predicted molar refractivity (Wildman–Crippen MR) is 76.4 cm³/mol. The topological polar surface area (TPSA) is 38.8 Å². The molecule has 1 aliphatic heterocycles. The van der Waals surface area contributed by atoms with Gasteiger partial charge in [-0.1, -0.05) is 6.92 Å². The fraction of sp³-hybridized carbons (Fsp3) is 0.562. The van der Waals surface area contributed by atoms with E-state index in [4.69, 9.17) is 9.47 Å². The molecule has 20 heavy (non-hydrogen) atoms. The molecule has 3 rings (SSSR count). The van der Waals surface area contributed by atoms with Crippen LogP contribution in [0.1, 0.15) is 36.5 Å². The lowest BCUT2D eigenvalue weighted by atomic mass is 10.1. The van der Waals surface area contributed by atoms with E-state index >= 15 is 0 Å². The first-order chi connectivity index (χ1) is 9.76. The number of ether oxygens (including phenoxy) is 2. The molecule has 4 heteroatoms. The summed E-state index contributed by atoms with van der Waals surface area (Å²) in [5.74, 6) is 2.38. The van der Waals surface area contributed by atoms with Crippen molar-refractivity contribution < 1.29 is 14.3 Å². The molecule has 2 aliphatic rings. The molecule has 0 spiro atoms. The molecule has 0 atom stereocenters. The monoisotopic (exact) mass is 275 g/mol. The average Bonchev–Trinajstić information content (AvgIpc) is 3.13. The summed E-state index contributed by atoms with van der Waals surface area (Å²) in [6.45, 7) is 4.96. The largest absolute Gasteiger partial charge is 0.454 e. The van der Waals surface area contributed by atoms with E-state index in [-0.39, 0.29) is 12.6 Å². The Morgan fingerprint density at radius 2 is 2.10 bits per heavy atom. The standard InChI is InChI=1S/C16H21NO3/c1-2-7-17(9-12-3-4-12)10-14(18)13-5-6-15-16(8-13)20-11-19-15/h5-6,8,12H,2-4,7,9-11H2,1H3. The quantitative estimate of drug-likeness (QED) is 0.717. The third-order valence-corrected chi connectivity index (χ3v) is 3.81. The minimum atomic E-state index is 0.164. The van der Waals surface area contributed by atoms with Crippen LogP contribution in [0.5, 0.6) is 11.5 Å². The van der Waals surface area contributed by atoms with Crippen molar-refractivity contribution in [1.82, 2.24) is 4.90 Å². The van der Waals surface area contributed by atoms with E-state index in [1.54, 1.807) is 6.07 Å². The van der Waals surface area contributed by atoms with Crippen LogP contribution in [-0.4, -0.2) is 37.1 Å². The molecule has 0 amide bonds. The number of ketones is 1. The molecule has 1 aromatic rings. The summed E-state index contributed by atoms with van der Waals surface area (Å²) in [5, 5.41) is 0. The predicted octanol–water partition coefficient (Wildman–Crippen LogP) is 2.72. The van der Waals surface area contributed by atoms with E-state index in [2.05, 4.69) is 11.8 Å². The number of benzene rings is 1. The second-order valence-corrected chi connectivity index (χ2v) is 5.67. The summed E-state index contributed by atoms with van der Waals surface area (Å²) in [6.07, 6.45) is 3.72. The first-order valence-electron chi connectivity index (χ1n) is 7.41. The maximum Gasteiger partial charge on any atom is 0.231 e. The molecule has 0 bridgehead atoms. The van der Waals surface area contributed by atoms with Gasteiger partial charge in [-0.2, -0.15) is 0 Å². The maximum atomic E-state index is 12.4. The SMILES string of the molecule is CCCN(CC(=O)c1ccc2c(c1)OCO2)CC1CC1. The third-order valence-electron chi connectivity index (χ3n) is 3.81. The number of nitrogens with zero attached hydrogens (tertiary/aromatic N) is 1. The molecule has 1 saturated carbocycles. The fourth-order valence-corrected chi connectivity index (χ4v) is 2.58. The lowest BCUT2D eigenvalue weighted by Crippen LogP contribution is -2.32. The lowest BCUT2D eigenvalue weighted by molar-refractivity contribution is 0.0927. The van der Waals surface area contributed by atoms with E-state index in [0.717, 1.165) is 31.2 Å². The third kappa shape index (κ3) is 3.12. The van der Waals surface area contributed by atoms with Gasteiger partial charge in [-0.05, 0) is 49.9 Å². The molecule has 4 nitrogen and oxygen atoms in total. The van der Waals surface area contributed by atoms with E-state index < -0.39 is 0 Å². The summed E-state index contributed by atoms with van der Waals surface area (Å²) >= 11 is 0. The molecule has 1 fully saturated rings. The zero-order chi connectivity index (χ0) is 13.9. The molecule has 0 saturated heterocycles. The van der Waals surface area contributed by atoms with Gasteiger partial charge in [0, 0.05) is 12.1 Å². The highest BCUT2D eigenvalue weighted by Gasteiger charge is 2.25. The van der Waals surface area contributed by atoms with E-state index in [9.17, 15) is 4.79 Å². The van der Waals surface area contributed by atoms with Crippen molar-refractivity contribution in [1.29, 1.82) is 0 Å². The zero-order valence-electron chi connectivity index (χ0n) is 11.9. The van der Waals surface area contributed by atoms with Crippen molar-refractivity contribution in [3.8, 4) is 11.5 Å². The Morgan fingerprint density at radius 1 is 1.30 bits per heavy atom. The van der Waals surface area contributed by atoms with Crippen LogP contribution in [0.25, 0.3) is 0 Å². The molecule has 0 aromatic heterocycles. The number of Topliss-reactive ketones (excluding diaryl/α,β-unsaturated/α-hetero) is 1. The first kappa shape index (κ1) is 13.4. The Balaban J connectivity index is 1.64. The van der Waals surface area contributed by atoms with Crippen LogP contribution in [0.4, 0.5) is 0 Å². The first-order valence-corrected chi connectivity index (χ1v) is 7.41. The Labute approximate surface area is 119 Å². The number of hydrogen-bond acceptors (Lipinski definition) is 4. The molecule has 0 N–H and O–H groups in total. The van der Waals surface area contributed by atoms with Gasteiger partial charge in [0.25, 0.3) is 0 Å². The van der Waals surface area contributed by atoms with Gasteiger partial charge in [-0.25, -0.2) is 0 Å². The van der Waals surface area contributed by atoms with Crippen LogP contribution in [0.3, 0.4) is 0 Å². The molecule has 0 radical (unpaired) electrons. The number of hydrogen-bond donors (Lipinski definition) is 0. The molecule has 108 valence electrons. The second kappa shape index (κ2) is 5.83. The highest BCUT2D eigenvalue weighted by molar-refractivity contribution is 5.98. The van der Waals surface area contributed by atoms with Crippen LogP contribution in [0.2, 0.25) is 0 Å². The molecule has 1 aliphatic carbocycles. The van der Waals surface area contributed by atoms with Gasteiger partial charge >= 0.3 is 0 Å². The minimum absolute atomic E-state index is 0.164. The summed E-state index contributed by atoms with van der Waals surface area (Å²) in [4.78, 5) is 14.7.